The van der Waals surface area contributed by atoms with Crippen molar-refractivity contribution in [2.75, 3.05) is 0 Å². The van der Waals surface area contributed by atoms with Gasteiger partial charge in [0.2, 0.25) is 0 Å². The van der Waals surface area contributed by atoms with Crippen LogP contribution in [0.15, 0.2) is 88.9 Å². The molecule has 2 bridgehead atoms. The minimum absolute atomic E-state index is 0.0622. The lowest BCUT2D eigenvalue weighted by molar-refractivity contribution is -0.135. The van der Waals surface area contributed by atoms with Crippen molar-refractivity contribution in [2.24, 2.45) is 40.9 Å². The van der Waals surface area contributed by atoms with Gasteiger partial charge in [-0.15, -0.1) is 0 Å². The summed E-state index contributed by atoms with van der Waals surface area (Å²) < 4.78 is 12.7. The molecule has 5 unspecified atom stereocenters. The predicted octanol–water partition coefficient (Wildman–Crippen LogP) is 11.2. The second-order valence-corrected chi connectivity index (χ2v) is 16.7. The third-order valence-corrected chi connectivity index (χ3v) is 13.4. The van der Waals surface area contributed by atoms with Crippen LogP contribution in [-0.4, -0.2) is 17.0 Å². The maximum absolute atomic E-state index is 14.5. The summed E-state index contributed by atoms with van der Waals surface area (Å²) in [6.45, 7) is 6.74. The molecule has 5 aliphatic carbocycles. The minimum atomic E-state index is -0.742. The van der Waals surface area contributed by atoms with Crippen LogP contribution in [0.4, 0.5) is 0 Å². The molecule has 3 fully saturated rings. The molecule has 2 aliphatic heterocycles. The molecule has 1 saturated heterocycles. The van der Waals surface area contributed by atoms with Crippen molar-refractivity contribution in [2.45, 2.75) is 111 Å². The first kappa shape index (κ1) is 34.2. The smallest absolute Gasteiger partial charge is 0.340 e. The first-order valence-corrected chi connectivity index (χ1v) is 20.0. The van der Waals surface area contributed by atoms with E-state index < -0.39 is 5.41 Å². The van der Waals surface area contributed by atoms with Crippen molar-refractivity contribution in [1.82, 2.24) is 0 Å². The van der Waals surface area contributed by atoms with Crippen LogP contribution in [-0.2, 0) is 19.1 Å². The molecule has 0 aromatic heterocycles. The van der Waals surface area contributed by atoms with Crippen molar-refractivity contribution < 1.29 is 24.2 Å². The second kappa shape index (κ2) is 13.9. The van der Waals surface area contributed by atoms with E-state index in [2.05, 4.69) is 45.1 Å². The number of benzene rings is 2. The van der Waals surface area contributed by atoms with E-state index in [1.54, 1.807) is 6.07 Å². The molecule has 0 amide bonds. The van der Waals surface area contributed by atoms with E-state index in [9.17, 15) is 14.7 Å². The number of carbonyl (C=O) groups excluding carboxylic acids is 2. The van der Waals surface area contributed by atoms with Crippen molar-refractivity contribution >= 4 is 17.5 Å². The number of esters is 2. The van der Waals surface area contributed by atoms with Gasteiger partial charge in [-0.1, -0.05) is 95.7 Å². The number of phenolic OH excluding ortho intramolecular Hbond substituents is 1. The number of aromatic hydroxyl groups is 1. The molecule has 5 heteroatoms. The highest BCUT2D eigenvalue weighted by molar-refractivity contribution is 6.07. The number of carbonyl (C=O) groups is 2. The highest BCUT2D eigenvalue weighted by atomic mass is 16.5. The summed E-state index contributed by atoms with van der Waals surface area (Å²) in [5, 5.41) is 10.9. The van der Waals surface area contributed by atoms with Gasteiger partial charge in [0.25, 0.3) is 0 Å². The minimum Gasteiger partial charge on any atom is -0.508 e. The van der Waals surface area contributed by atoms with Gasteiger partial charge in [-0.05, 0) is 128 Å². The van der Waals surface area contributed by atoms with Crippen LogP contribution in [0.2, 0.25) is 0 Å². The van der Waals surface area contributed by atoms with Crippen molar-refractivity contribution in [3.05, 3.63) is 94.5 Å². The summed E-state index contributed by atoms with van der Waals surface area (Å²) in [6.07, 6.45) is 19.7. The molecule has 9 rings (SSSR count). The predicted molar refractivity (Wildman–Crippen MR) is 201 cm³/mol. The molecule has 2 aromatic carbocycles. The summed E-state index contributed by atoms with van der Waals surface area (Å²) in [5.74, 6) is 2.87. The third kappa shape index (κ3) is 5.93. The Hall–Kier alpha value is -3.86. The van der Waals surface area contributed by atoms with Gasteiger partial charge >= 0.3 is 11.9 Å². The van der Waals surface area contributed by atoms with Crippen molar-refractivity contribution in [3.63, 3.8) is 0 Å². The van der Waals surface area contributed by atoms with Gasteiger partial charge in [0.15, 0.2) is 0 Å². The molecular formula is C46H54O5. The van der Waals surface area contributed by atoms with E-state index in [1.165, 1.54) is 32.1 Å². The Kier molecular flexibility index (Phi) is 9.35. The summed E-state index contributed by atoms with van der Waals surface area (Å²) in [6, 6.07) is 15.8. The molecule has 2 heterocycles. The lowest BCUT2D eigenvalue weighted by atomic mass is 9.44. The van der Waals surface area contributed by atoms with Crippen LogP contribution in [0, 0.1) is 40.9 Å². The Bertz CT molecular complexity index is 1820. The van der Waals surface area contributed by atoms with Crippen molar-refractivity contribution in [3.8, 4) is 16.9 Å². The summed E-state index contributed by atoms with van der Waals surface area (Å²) in [5.41, 5.74) is 5.81. The van der Waals surface area contributed by atoms with E-state index in [1.807, 2.05) is 30.3 Å². The van der Waals surface area contributed by atoms with Gasteiger partial charge in [-0.3, -0.25) is 0 Å². The average Bonchev–Trinajstić information content (AvgIpc) is 3.63. The summed E-state index contributed by atoms with van der Waals surface area (Å²) in [4.78, 5) is 28.7. The standard InChI is InChI=1S/C46H54O5/c1-4-29(19-18-28(2)3)26-39-46-25-24-34(40(43(46)45(49)51-39)37-27-32(47)20-21-33(37)31-15-9-6-10-16-31)35-22-23-36-38(50-44(48)41(36)42(35)46)17-11-14-30-12-7-5-8-13-30/h6,9-10,15-17,20-21,26-30,34-35,42,47H,4-5,7-8,11-14,18-19,22-25H2,1-3H3. The maximum Gasteiger partial charge on any atom is 0.340 e. The Balaban J connectivity index is 1.28. The highest BCUT2D eigenvalue weighted by Gasteiger charge is 2.68. The molecule has 1 N–H and O–H groups in total. The Labute approximate surface area is 303 Å². The SMILES string of the molecule is CCC(C=C1OC(=O)C2=C(c3cc(O)ccc3-c3ccccc3)C3CCC12C1C2=C(CCC31)C(=CCCC1CCCCC1)OC2=O)CCC(C)C. The number of rotatable bonds is 10. The first-order chi connectivity index (χ1) is 24.8. The fourth-order valence-corrected chi connectivity index (χ4v) is 10.9. The zero-order chi connectivity index (χ0) is 35.3. The molecule has 268 valence electrons. The zero-order valence-electron chi connectivity index (χ0n) is 30.7. The Morgan fingerprint density at radius 3 is 2.47 bits per heavy atom. The Morgan fingerprint density at radius 1 is 0.902 bits per heavy atom. The van der Waals surface area contributed by atoms with Gasteiger partial charge in [-0.25, -0.2) is 9.59 Å². The van der Waals surface area contributed by atoms with Gasteiger partial charge in [0.05, 0.1) is 11.0 Å². The number of cyclic esters (lactones) is 2. The maximum atomic E-state index is 14.5. The number of fused-ring (bicyclic) bond motifs is 1. The van der Waals surface area contributed by atoms with Crippen LogP contribution < -0.4 is 0 Å². The van der Waals surface area contributed by atoms with Crippen LogP contribution in [0.25, 0.3) is 16.7 Å². The third-order valence-electron chi connectivity index (χ3n) is 13.4. The van der Waals surface area contributed by atoms with Crippen molar-refractivity contribution in [1.29, 1.82) is 0 Å². The van der Waals surface area contributed by atoms with Crippen LogP contribution in [0.5, 0.6) is 5.75 Å². The van der Waals surface area contributed by atoms with Gasteiger partial charge in [-0.2, -0.15) is 0 Å². The second-order valence-electron chi connectivity index (χ2n) is 16.7. The molecule has 5 nitrogen and oxygen atoms in total. The molecule has 7 aliphatic rings. The van der Waals surface area contributed by atoms with E-state index >= 15 is 0 Å². The zero-order valence-corrected chi connectivity index (χ0v) is 30.7. The number of hydrogen-bond acceptors (Lipinski definition) is 5. The van der Waals surface area contributed by atoms with E-state index in [0.717, 1.165) is 109 Å². The largest absolute Gasteiger partial charge is 0.508 e. The Morgan fingerprint density at radius 2 is 1.71 bits per heavy atom. The quantitative estimate of drug-likeness (QED) is 0.252. The lowest BCUT2D eigenvalue weighted by Gasteiger charge is -2.56. The normalized spacial score (nSPS) is 29.5. The molecule has 2 saturated carbocycles. The highest BCUT2D eigenvalue weighted by Crippen LogP contribution is 2.72. The summed E-state index contributed by atoms with van der Waals surface area (Å²) >= 11 is 0. The molecule has 51 heavy (non-hydrogen) atoms. The van der Waals surface area contributed by atoms with Crippen LogP contribution >= 0.6 is 0 Å². The topological polar surface area (TPSA) is 72.8 Å². The fourth-order valence-electron chi connectivity index (χ4n) is 10.9. The molecule has 1 spiro atoms. The first-order valence-electron chi connectivity index (χ1n) is 20.0. The summed E-state index contributed by atoms with van der Waals surface area (Å²) in [7, 11) is 0. The van der Waals surface area contributed by atoms with Gasteiger partial charge < -0.3 is 14.6 Å². The molecule has 0 radical (unpaired) electrons. The fraction of sp³-hybridized carbons (Fsp3) is 0.522. The van der Waals surface area contributed by atoms with Crippen LogP contribution in [0.3, 0.4) is 0 Å². The van der Waals surface area contributed by atoms with Gasteiger partial charge in [0.1, 0.15) is 17.3 Å². The number of hydrogen-bond donors (Lipinski definition) is 1. The van der Waals surface area contributed by atoms with Gasteiger partial charge in [0, 0.05) is 17.1 Å². The average molecular weight is 687 g/mol. The van der Waals surface area contributed by atoms with E-state index in [0.29, 0.717) is 11.5 Å². The van der Waals surface area contributed by atoms with E-state index in [4.69, 9.17) is 9.47 Å². The number of ether oxygens (including phenoxy) is 2. The number of allylic oxidation sites excluding steroid dienone is 5. The molecule has 2 aromatic rings. The number of phenols is 1. The van der Waals surface area contributed by atoms with Crippen LogP contribution in [0.1, 0.15) is 116 Å². The lowest BCUT2D eigenvalue weighted by Crippen LogP contribution is -2.52. The molecular weight excluding hydrogens is 633 g/mol. The monoisotopic (exact) mass is 686 g/mol. The molecule has 5 atom stereocenters. The van der Waals surface area contributed by atoms with E-state index in [-0.39, 0.29) is 41.4 Å².